The van der Waals surface area contributed by atoms with Gasteiger partial charge >= 0.3 is 0 Å². The molecule has 4 nitrogen and oxygen atoms in total. The lowest BCUT2D eigenvalue weighted by Crippen LogP contribution is -2.48. The van der Waals surface area contributed by atoms with E-state index in [1.165, 1.54) is 48.1 Å². The number of nitrogens with zero attached hydrogens (tertiary/aromatic N) is 3. The van der Waals surface area contributed by atoms with Crippen molar-refractivity contribution in [3.05, 3.63) is 35.5 Å². The van der Waals surface area contributed by atoms with Crippen molar-refractivity contribution < 1.29 is 4.74 Å². The van der Waals surface area contributed by atoms with Gasteiger partial charge < -0.3 is 9.30 Å². The summed E-state index contributed by atoms with van der Waals surface area (Å²) >= 11 is 0. The Morgan fingerprint density at radius 1 is 1.08 bits per heavy atom. The lowest BCUT2D eigenvalue weighted by atomic mass is 9.89. The van der Waals surface area contributed by atoms with Gasteiger partial charge in [0, 0.05) is 49.3 Å². The molecule has 2 aromatic rings. The normalized spacial score (nSPS) is 22.1. The molecule has 0 radical (unpaired) electrons. The van der Waals surface area contributed by atoms with Crippen molar-refractivity contribution in [2.24, 2.45) is 13.0 Å². The molecule has 1 aromatic carbocycles. The molecule has 26 heavy (non-hydrogen) atoms. The number of aryl methyl sites for hydroxylation is 2. The van der Waals surface area contributed by atoms with E-state index in [0.29, 0.717) is 6.04 Å². The first kappa shape index (κ1) is 18.0. The Balaban J connectivity index is 1.36. The van der Waals surface area contributed by atoms with Gasteiger partial charge in [-0.2, -0.15) is 0 Å². The Bertz CT molecular complexity index is 739. The highest BCUT2D eigenvalue weighted by Gasteiger charge is 2.28. The number of fused-ring (bicyclic) bond motifs is 1. The van der Waals surface area contributed by atoms with Crippen LogP contribution in [0.4, 0.5) is 0 Å². The van der Waals surface area contributed by atoms with Gasteiger partial charge in [-0.1, -0.05) is 11.6 Å². The molecule has 0 amide bonds. The van der Waals surface area contributed by atoms with Crippen LogP contribution in [0.2, 0.25) is 0 Å². The second-order valence-corrected chi connectivity index (χ2v) is 8.26. The van der Waals surface area contributed by atoms with Crippen LogP contribution in [0.3, 0.4) is 0 Å². The summed E-state index contributed by atoms with van der Waals surface area (Å²) in [6, 6.07) is 9.84. The van der Waals surface area contributed by atoms with Gasteiger partial charge in [-0.3, -0.25) is 9.80 Å². The van der Waals surface area contributed by atoms with Crippen LogP contribution in [-0.4, -0.2) is 59.8 Å². The Labute approximate surface area is 157 Å². The van der Waals surface area contributed by atoms with Crippen LogP contribution in [0.5, 0.6) is 0 Å². The molecule has 4 heteroatoms. The maximum absolute atomic E-state index is 5.51. The lowest BCUT2D eigenvalue weighted by Gasteiger charge is -2.41. The quantitative estimate of drug-likeness (QED) is 0.838. The molecule has 3 heterocycles. The van der Waals surface area contributed by atoms with Crippen molar-refractivity contribution in [1.82, 2.24) is 14.4 Å². The van der Waals surface area contributed by atoms with E-state index in [2.05, 4.69) is 59.5 Å². The Hall–Kier alpha value is -1.36. The highest BCUT2D eigenvalue weighted by Crippen LogP contribution is 2.27. The van der Waals surface area contributed by atoms with Gasteiger partial charge in [0.25, 0.3) is 0 Å². The zero-order valence-electron chi connectivity index (χ0n) is 16.6. The Morgan fingerprint density at radius 3 is 2.54 bits per heavy atom. The van der Waals surface area contributed by atoms with Gasteiger partial charge in [-0.25, -0.2) is 0 Å². The van der Waals surface area contributed by atoms with Gasteiger partial charge in [-0.15, -0.1) is 0 Å². The zero-order valence-corrected chi connectivity index (χ0v) is 16.6. The standard InChI is InChI=1S/C22H33N3O/c1-17-4-5-22-20(14-17)15-21(23(22)3)16-24-8-6-19(7-9-24)18(2)25-10-12-26-13-11-25/h4-5,14-15,18-19H,6-13,16H2,1-3H3. The van der Waals surface area contributed by atoms with Crippen molar-refractivity contribution >= 4 is 10.9 Å². The van der Waals surface area contributed by atoms with Crippen molar-refractivity contribution in [2.45, 2.75) is 39.3 Å². The SMILES string of the molecule is Cc1ccc2c(c1)cc(CN1CCC(C(C)N3CCOCC3)CC1)n2C. The summed E-state index contributed by atoms with van der Waals surface area (Å²) in [5.41, 5.74) is 4.12. The predicted octanol–water partition coefficient (Wildman–Crippen LogP) is 3.42. The van der Waals surface area contributed by atoms with Crippen molar-refractivity contribution in [2.75, 3.05) is 39.4 Å². The number of likely N-dealkylation sites (tertiary alicyclic amines) is 1. The second kappa shape index (κ2) is 7.71. The minimum Gasteiger partial charge on any atom is -0.379 e. The average Bonchev–Trinajstić information content (AvgIpc) is 2.97. The molecule has 142 valence electrons. The summed E-state index contributed by atoms with van der Waals surface area (Å²) in [7, 11) is 2.21. The maximum Gasteiger partial charge on any atom is 0.0594 e. The van der Waals surface area contributed by atoms with E-state index in [-0.39, 0.29) is 0 Å². The third-order valence-corrected chi connectivity index (χ3v) is 6.62. The number of hydrogen-bond acceptors (Lipinski definition) is 3. The minimum absolute atomic E-state index is 0.696. The summed E-state index contributed by atoms with van der Waals surface area (Å²) in [5, 5.41) is 1.37. The van der Waals surface area contributed by atoms with Gasteiger partial charge in [0.2, 0.25) is 0 Å². The van der Waals surface area contributed by atoms with E-state index in [9.17, 15) is 0 Å². The zero-order chi connectivity index (χ0) is 18.1. The van der Waals surface area contributed by atoms with Crippen molar-refractivity contribution in [3.63, 3.8) is 0 Å². The molecule has 0 aliphatic carbocycles. The number of piperidine rings is 1. The number of aromatic nitrogens is 1. The molecule has 0 spiro atoms. The van der Waals surface area contributed by atoms with Crippen molar-refractivity contribution in [1.29, 1.82) is 0 Å². The van der Waals surface area contributed by atoms with Gasteiger partial charge in [0.1, 0.15) is 0 Å². The first-order valence-corrected chi connectivity index (χ1v) is 10.2. The molecular weight excluding hydrogens is 322 g/mol. The molecule has 2 fully saturated rings. The highest BCUT2D eigenvalue weighted by molar-refractivity contribution is 5.82. The minimum atomic E-state index is 0.696. The summed E-state index contributed by atoms with van der Waals surface area (Å²) in [6.45, 7) is 12.1. The molecule has 1 unspecified atom stereocenters. The van der Waals surface area contributed by atoms with Gasteiger partial charge in [0.05, 0.1) is 13.2 Å². The van der Waals surface area contributed by atoms with E-state index in [4.69, 9.17) is 4.74 Å². The third kappa shape index (κ3) is 3.68. The van der Waals surface area contributed by atoms with Gasteiger partial charge in [0.15, 0.2) is 0 Å². The fourth-order valence-corrected chi connectivity index (χ4v) is 4.78. The molecule has 0 N–H and O–H groups in total. The van der Waals surface area contributed by atoms with Crippen LogP contribution in [0.15, 0.2) is 24.3 Å². The van der Waals surface area contributed by atoms with Crippen LogP contribution in [0.25, 0.3) is 10.9 Å². The molecule has 0 bridgehead atoms. The van der Waals surface area contributed by atoms with E-state index in [1.807, 2.05) is 0 Å². The van der Waals surface area contributed by atoms with Gasteiger partial charge in [-0.05, 0) is 63.9 Å². The molecule has 2 saturated heterocycles. The van der Waals surface area contributed by atoms with E-state index in [1.54, 1.807) is 0 Å². The molecule has 2 aliphatic rings. The fraction of sp³-hybridized carbons (Fsp3) is 0.636. The summed E-state index contributed by atoms with van der Waals surface area (Å²) in [6.07, 6.45) is 2.64. The lowest BCUT2D eigenvalue weighted by molar-refractivity contribution is -0.00201. The number of ether oxygens (including phenoxy) is 1. The van der Waals surface area contributed by atoms with Crippen LogP contribution in [0, 0.1) is 12.8 Å². The van der Waals surface area contributed by atoms with E-state index >= 15 is 0 Å². The molecular formula is C22H33N3O. The predicted molar refractivity (Wildman–Crippen MR) is 108 cm³/mol. The third-order valence-electron chi connectivity index (χ3n) is 6.62. The number of hydrogen-bond donors (Lipinski definition) is 0. The summed E-state index contributed by atoms with van der Waals surface area (Å²) in [5.74, 6) is 0.833. The van der Waals surface area contributed by atoms with Crippen LogP contribution < -0.4 is 0 Å². The highest BCUT2D eigenvalue weighted by atomic mass is 16.5. The largest absolute Gasteiger partial charge is 0.379 e. The van der Waals surface area contributed by atoms with E-state index in [0.717, 1.165) is 38.8 Å². The summed E-state index contributed by atoms with van der Waals surface area (Å²) < 4.78 is 7.88. The molecule has 2 aliphatic heterocycles. The fourth-order valence-electron chi connectivity index (χ4n) is 4.78. The number of benzene rings is 1. The second-order valence-electron chi connectivity index (χ2n) is 8.26. The molecule has 4 rings (SSSR count). The maximum atomic E-state index is 5.51. The summed E-state index contributed by atoms with van der Waals surface area (Å²) in [4.78, 5) is 5.28. The molecule has 1 atom stereocenters. The van der Waals surface area contributed by atoms with Crippen LogP contribution >= 0.6 is 0 Å². The number of rotatable bonds is 4. The Morgan fingerprint density at radius 2 is 1.81 bits per heavy atom. The number of morpholine rings is 1. The average molecular weight is 356 g/mol. The Kier molecular flexibility index (Phi) is 5.35. The smallest absolute Gasteiger partial charge is 0.0594 e. The van der Waals surface area contributed by atoms with Crippen LogP contribution in [0.1, 0.15) is 31.0 Å². The first-order chi connectivity index (χ1) is 12.6. The van der Waals surface area contributed by atoms with E-state index < -0.39 is 0 Å². The monoisotopic (exact) mass is 355 g/mol. The first-order valence-electron chi connectivity index (χ1n) is 10.2. The topological polar surface area (TPSA) is 20.6 Å². The van der Waals surface area contributed by atoms with Crippen molar-refractivity contribution in [3.8, 4) is 0 Å². The molecule has 1 aromatic heterocycles. The molecule has 0 saturated carbocycles. The van der Waals surface area contributed by atoms with Crippen LogP contribution in [-0.2, 0) is 18.3 Å².